The van der Waals surface area contributed by atoms with E-state index in [9.17, 15) is 4.79 Å². The maximum Gasteiger partial charge on any atom is 0.253 e. The largest absolute Gasteiger partial charge is 0.376 e. The van der Waals surface area contributed by atoms with Gasteiger partial charge in [-0.1, -0.05) is 36.4 Å². The minimum Gasteiger partial charge on any atom is -0.376 e. The second kappa shape index (κ2) is 9.20. The van der Waals surface area contributed by atoms with Crippen LogP contribution in [0.4, 0.5) is 5.69 Å². The molecule has 3 aromatic rings. The van der Waals surface area contributed by atoms with Gasteiger partial charge in [0, 0.05) is 62.1 Å². The predicted molar refractivity (Wildman–Crippen MR) is 134 cm³/mol. The fourth-order valence-electron chi connectivity index (χ4n) is 5.77. The lowest BCUT2D eigenvalue weighted by Crippen LogP contribution is -2.48. The van der Waals surface area contributed by atoms with Crippen molar-refractivity contribution in [1.82, 2.24) is 20.1 Å². The zero-order valence-corrected chi connectivity index (χ0v) is 19.4. The van der Waals surface area contributed by atoms with Crippen LogP contribution >= 0.6 is 0 Å². The highest BCUT2D eigenvalue weighted by Gasteiger charge is 2.41. The van der Waals surface area contributed by atoms with Gasteiger partial charge in [-0.3, -0.25) is 14.7 Å². The Morgan fingerprint density at radius 2 is 1.76 bits per heavy atom. The summed E-state index contributed by atoms with van der Waals surface area (Å²) >= 11 is 0. The summed E-state index contributed by atoms with van der Waals surface area (Å²) in [5.74, 6) is 0.567. The maximum absolute atomic E-state index is 13.4. The summed E-state index contributed by atoms with van der Waals surface area (Å²) < 4.78 is 0. The molecule has 6 heteroatoms. The van der Waals surface area contributed by atoms with Crippen LogP contribution in [0.5, 0.6) is 0 Å². The number of hydrogen-bond acceptors (Lipinski definition) is 5. The van der Waals surface area contributed by atoms with Gasteiger partial charge in [0.15, 0.2) is 0 Å². The molecule has 1 amide bonds. The van der Waals surface area contributed by atoms with Crippen molar-refractivity contribution >= 4 is 11.6 Å². The van der Waals surface area contributed by atoms with Crippen LogP contribution < -0.4 is 10.6 Å². The van der Waals surface area contributed by atoms with Crippen molar-refractivity contribution in [3.8, 4) is 0 Å². The summed E-state index contributed by atoms with van der Waals surface area (Å²) in [6.07, 6.45) is 2.96. The van der Waals surface area contributed by atoms with E-state index in [0.29, 0.717) is 5.92 Å². The Morgan fingerprint density at radius 1 is 0.941 bits per heavy atom. The van der Waals surface area contributed by atoms with Gasteiger partial charge in [0.1, 0.15) is 0 Å². The van der Waals surface area contributed by atoms with E-state index in [-0.39, 0.29) is 18.0 Å². The molecule has 0 aliphatic carbocycles. The van der Waals surface area contributed by atoms with E-state index in [1.165, 1.54) is 11.1 Å². The Hall–Kier alpha value is -3.22. The molecular weight excluding hydrogens is 422 g/mol. The first-order chi connectivity index (χ1) is 16.8. The SMILES string of the molecule is O=C(c1ccc2c(c1)[C@H]1NCC[C@H]1C(c1ccccn1)N2)N1CCN(Cc2ccccc2)CC1. The second-order valence-corrected chi connectivity index (χ2v) is 9.62. The van der Waals surface area contributed by atoms with E-state index in [1.807, 2.05) is 23.2 Å². The standard InChI is InChI=1S/C28H31N5O/c34-28(33-16-14-32(15-17-33)19-20-6-2-1-3-7-20)21-9-10-24-23(18-21)26-22(11-13-30-26)27(31-24)25-8-4-5-12-29-25/h1-10,12,18,22,26-27,30-31H,11,13-17,19H2/t22-,26+,27?/m1/s1. The number of hydrogen-bond donors (Lipinski definition) is 2. The van der Waals surface area contributed by atoms with Crippen LogP contribution in [0.15, 0.2) is 72.9 Å². The van der Waals surface area contributed by atoms with Gasteiger partial charge in [-0.15, -0.1) is 0 Å². The molecule has 3 aliphatic heterocycles. The third kappa shape index (κ3) is 4.08. The molecule has 0 radical (unpaired) electrons. The average Bonchev–Trinajstić information content (AvgIpc) is 3.40. The number of benzene rings is 2. The molecule has 0 saturated carbocycles. The van der Waals surface area contributed by atoms with Crippen LogP contribution in [-0.4, -0.2) is 53.4 Å². The zero-order chi connectivity index (χ0) is 22.9. The lowest BCUT2D eigenvalue weighted by Gasteiger charge is -2.37. The first-order valence-electron chi connectivity index (χ1n) is 12.4. The van der Waals surface area contributed by atoms with Gasteiger partial charge in [-0.2, -0.15) is 0 Å². The second-order valence-electron chi connectivity index (χ2n) is 9.62. The van der Waals surface area contributed by atoms with Gasteiger partial charge in [0.05, 0.1) is 11.7 Å². The Labute approximate surface area is 201 Å². The topological polar surface area (TPSA) is 60.5 Å². The molecule has 2 fully saturated rings. The van der Waals surface area contributed by atoms with Crippen LogP contribution in [0, 0.1) is 5.92 Å². The Bertz CT molecular complexity index is 1140. The molecule has 3 atom stereocenters. The molecule has 4 heterocycles. The number of nitrogens with one attached hydrogen (secondary N) is 2. The summed E-state index contributed by atoms with van der Waals surface area (Å²) in [6, 6.07) is 23.3. The molecule has 1 aromatic heterocycles. The van der Waals surface area contributed by atoms with E-state index >= 15 is 0 Å². The van der Waals surface area contributed by atoms with Crippen molar-refractivity contribution in [1.29, 1.82) is 0 Å². The van der Waals surface area contributed by atoms with Crippen LogP contribution in [0.2, 0.25) is 0 Å². The molecule has 2 N–H and O–H groups in total. The lowest BCUT2D eigenvalue weighted by atomic mass is 9.81. The number of carbonyl (C=O) groups is 1. The van der Waals surface area contributed by atoms with Gasteiger partial charge in [0.25, 0.3) is 5.91 Å². The monoisotopic (exact) mass is 453 g/mol. The quantitative estimate of drug-likeness (QED) is 0.628. The highest BCUT2D eigenvalue weighted by atomic mass is 16.2. The number of anilines is 1. The first-order valence-corrected chi connectivity index (χ1v) is 12.4. The van der Waals surface area contributed by atoms with Gasteiger partial charge in [-0.05, 0) is 54.4 Å². The number of fused-ring (bicyclic) bond motifs is 3. The van der Waals surface area contributed by atoms with E-state index in [1.54, 1.807) is 0 Å². The van der Waals surface area contributed by atoms with Gasteiger partial charge >= 0.3 is 0 Å². The lowest BCUT2D eigenvalue weighted by molar-refractivity contribution is 0.0628. The smallest absolute Gasteiger partial charge is 0.253 e. The Kier molecular flexibility index (Phi) is 5.77. The van der Waals surface area contributed by atoms with Crippen molar-refractivity contribution in [2.75, 3.05) is 38.0 Å². The summed E-state index contributed by atoms with van der Waals surface area (Å²) in [5.41, 5.74) is 5.52. The molecule has 3 aliphatic rings. The maximum atomic E-state index is 13.4. The van der Waals surface area contributed by atoms with Crippen LogP contribution in [0.1, 0.15) is 45.7 Å². The van der Waals surface area contributed by atoms with Crippen molar-refractivity contribution in [2.24, 2.45) is 5.92 Å². The van der Waals surface area contributed by atoms with Crippen molar-refractivity contribution < 1.29 is 4.79 Å². The number of carbonyl (C=O) groups excluding carboxylic acids is 1. The fraction of sp³-hybridized carbons (Fsp3) is 0.357. The minimum atomic E-state index is 0.142. The molecule has 2 aromatic carbocycles. The number of rotatable bonds is 4. The van der Waals surface area contributed by atoms with Crippen LogP contribution in [0.25, 0.3) is 0 Å². The summed E-state index contributed by atoms with van der Waals surface area (Å²) in [5, 5.41) is 7.42. The number of nitrogens with zero attached hydrogens (tertiary/aromatic N) is 3. The number of pyridine rings is 1. The van der Waals surface area contributed by atoms with Crippen molar-refractivity contribution in [2.45, 2.75) is 25.0 Å². The Morgan fingerprint density at radius 3 is 2.56 bits per heavy atom. The molecule has 1 unspecified atom stereocenters. The third-order valence-corrected chi connectivity index (χ3v) is 7.56. The molecule has 34 heavy (non-hydrogen) atoms. The normalized spacial score (nSPS) is 24.2. The van der Waals surface area contributed by atoms with Crippen LogP contribution in [0.3, 0.4) is 0 Å². The van der Waals surface area contributed by atoms with E-state index in [2.05, 4.69) is 75.1 Å². The first kappa shape index (κ1) is 21.3. The van der Waals surface area contributed by atoms with E-state index in [0.717, 1.165) is 62.6 Å². The predicted octanol–water partition coefficient (Wildman–Crippen LogP) is 3.86. The summed E-state index contributed by atoms with van der Waals surface area (Å²) in [4.78, 5) is 22.4. The molecule has 6 rings (SSSR count). The molecule has 0 bridgehead atoms. The molecular formula is C28H31N5O. The van der Waals surface area contributed by atoms with Crippen molar-refractivity contribution in [3.63, 3.8) is 0 Å². The molecule has 2 saturated heterocycles. The van der Waals surface area contributed by atoms with Gasteiger partial charge in [-0.25, -0.2) is 0 Å². The van der Waals surface area contributed by atoms with Gasteiger partial charge < -0.3 is 15.5 Å². The van der Waals surface area contributed by atoms with Gasteiger partial charge in [0.2, 0.25) is 0 Å². The third-order valence-electron chi connectivity index (χ3n) is 7.56. The minimum absolute atomic E-state index is 0.142. The fourth-order valence-corrected chi connectivity index (χ4v) is 5.77. The van der Waals surface area contributed by atoms with E-state index in [4.69, 9.17) is 0 Å². The van der Waals surface area contributed by atoms with Crippen LogP contribution in [-0.2, 0) is 6.54 Å². The van der Waals surface area contributed by atoms with Crippen molar-refractivity contribution in [3.05, 3.63) is 95.3 Å². The highest BCUT2D eigenvalue weighted by Crippen LogP contribution is 2.47. The highest BCUT2D eigenvalue weighted by molar-refractivity contribution is 5.95. The summed E-state index contributed by atoms with van der Waals surface area (Å²) in [7, 11) is 0. The molecule has 6 nitrogen and oxygen atoms in total. The molecule has 0 spiro atoms. The Balaban J connectivity index is 1.16. The number of aromatic nitrogens is 1. The molecule has 174 valence electrons. The summed E-state index contributed by atoms with van der Waals surface area (Å²) in [6.45, 7) is 5.29. The average molecular weight is 454 g/mol. The zero-order valence-electron chi connectivity index (χ0n) is 19.4. The van der Waals surface area contributed by atoms with E-state index < -0.39 is 0 Å². The number of amides is 1. The number of piperazine rings is 1.